The molecule has 0 radical (unpaired) electrons. The van der Waals surface area contributed by atoms with E-state index in [0.717, 1.165) is 6.42 Å². The summed E-state index contributed by atoms with van der Waals surface area (Å²) in [5.74, 6) is 0.648. The predicted octanol–water partition coefficient (Wildman–Crippen LogP) is 0.717. The summed E-state index contributed by atoms with van der Waals surface area (Å²) in [6, 6.07) is -0.472. The third-order valence-electron chi connectivity index (χ3n) is 3.59. The number of hydrogen-bond acceptors (Lipinski definition) is 3. The molecule has 0 aromatic heterocycles. The molecule has 104 valence electrons. The molecular weight excluding hydrogens is 252 g/mol. The van der Waals surface area contributed by atoms with Crippen LogP contribution < -0.4 is 5.32 Å². The topological polar surface area (TPSA) is 66.5 Å². The average Bonchev–Trinajstić information content (AvgIpc) is 2.99. The maximum atomic E-state index is 12.0. The van der Waals surface area contributed by atoms with Crippen LogP contribution in [0.2, 0.25) is 0 Å². The lowest BCUT2D eigenvalue weighted by molar-refractivity contribution is -0.124. The Morgan fingerprint density at radius 3 is 2.67 bits per heavy atom. The van der Waals surface area contributed by atoms with Gasteiger partial charge < -0.3 is 5.32 Å². The van der Waals surface area contributed by atoms with Crippen molar-refractivity contribution in [1.29, 1.82) is 0 Å². The fourth-order valence-electron chi connectivity index (χ4n) is 2.40. The molecular formula is C12H22N2O3S. The van der Waals surface area contributed by atoms with Crippen LogP contribution in [0.4, 0.5) is 0 Å². The number of nitrogens with one attached hydrogen (secondary N) is 1. The van der Waals surface area contributed by atoms with Gasteiger partial charge in [-0.05, 0) is 38.0 Å². The fourth-order valence-corrected chi connectivity index (χ4v) is 4.14. The van der Waals surface area contributed by atoms with Crippen molar-refractivity contribution in [3.8, 4) is 0 Å². The number of rotatable bonds is 6. The van der Waals surface area contributed by atoms with Gasteiger partial charge in [-0.2, -0.15) is 4.31 Å². The molecule has 1 N–H and O–H groups in total. The molecule has 1 aliphatic carbocycles. The van der Waals surface area contributed by atoms with E-state index in [-0.39, 0.29) is 11.7 Å². The van der Waals surface area contributed by atoms with E-state index >= 15 is 0 Å². The zero-order valence-electron chi connectivity index (χ0n) is 10.9. The maximum absolute atomic E-state index is 12.0. The summed E-state index contributed by atoms with van der Waals surface area (Å²) in [6.07, 6.45) is 4.39. The van der Waals surface area contributed by atoms with Crippen LogP contribution in [0.3, 0.4) is 0 Å². The summed E-state index contributed by atoms with van der Waals surface area (Å²) in [6.45, 7) is 3.04. The molecule has 5 nitrogen and oxygen atoms in total. The van der Waals surface area contributed by atoms with E-state index < -0.39 is 16.1 Å². The van der Waals surface area contributed by atoms with E-state index in [9.17, 15) is 13.2 Å². The SMILES string of the molecule is CCCS(=O)(=O)N1CCCC1C(=O)NCC1CC1. The standard InChI is InChI=1S/C12H22N2O3S/c1-2-8-18(16,17)14-7-3-4-11(14)12(15)13-9-10-5-6-10/h10-11H,2-9H2,1H3,(H,13,15). The van der Waals surface area contributed by atoms with Crippen LogP contribution in [0.25, 0.3) is 0 Å². The van der Waals surface area contributed by atoms with Crippen LogP contribution >= 0.6 is 0 Å². The average molecular weight is 274 g/mol. The fraction of sp³-hybridized carbons (Fsp3) is 0.917. The Morgan fingerprint density at radius 1 is 1.33 bits per heavy atom. The number of carbonyl (C=O) groups is 1. The molecule has 0 aromatic rings. The minimum Gasteiger partial charge on any atom is -0.354 e. The van der Waals surface area contributed by atoms with E-state index in [4.69, 9.17) is 0 Å². The summed E-state index contributed by atoms with van der Waals surface area (Å²) >= 11 is 0. The summed E-state index contributed by atoms with van der Waals surface area (Å²) < 4.78 is 25.5. The van der Waals surface area contributed by atoms with E-state index in [1.54, 1.807) is 0 Å². The molecule has 0 aromatic carbocycles. The van der Waals surface area contributed by atoms with Gasteiger partial charge in [0.1, 0.15) is 6.04 Å². The molecule has 1 saturated carbocycles. The predicted molar refractivity (Wildman–Crippen MR) is 69.5 cm³/mol. The second-order valence-electron chi connectivity index (χ2n) is 5.27. The highest BCUT2D eigenvalue weighted by Crippen LogP contribution is 2.28. The first-order chi connectivity index (χ1) is 8.54. The van der Waals surface area contributed by atoms with E-state index in [2.05, 4.69) is 5.32 Å². The van der Waals surface area contributed by atoms with Crippen LogP contribution in [-0.2, 0) is 14.8 Å². The molecule has 2 rings (SSSR count). The highest BCUT2D eigenvalue weighted by atomic mass is 32.2. The Kier molecular flexibility index (Phi) is 4.27. The third kappa shape index (κ3) is 3.23. The second-order valence-corrected chi connectivity index (χ2v) is 7.31. The highest BCUT2D eigenvalue weighted by Gasteiger charge is 2.38. The lowest BCUT2D eigenvalue weighted by atomic mass is 10.2. The number of hydrogen-bond donors (Lipinski definition) is 1. The minimum atomic E-state index is -3.25. The number of amides is 1. The Hall–Kier alpha value is -0.620. The molecule has 0 spiro atoms. The Labute approximate surface area is 109 Å². The van der Waals surface area contributed by atoms with E-state index in [1.165, 1.54) is 17.1 Å². The van der Waals surface area contributed by atoms with Gasteiger partial charge in [0.25, 0.3) is 0 Å². The van der Waals surface area contributed by atoms with Gasteiger partial charge in [-0.1, -0.05) is 6.92 Å². The van der Waals surface area contributed by atoms with Crippen LogP contribution in [0, 0.1) is 5.92 Å². The van der Waals surface area contributed by atoms with Crippen molar-refractivity contribution in [1.82, 2.24) is 9.62 Å². The van der Waals surface area contributed by atoms with Crippen molar-refractivity contribution in [2.45, 2.75) is 45.1 Å². The van der Waals surface area contributed by atoms with Crippen molar-refractivity contribution >= 4 is 15.9 Å². The van der Waals surface area contributed by atoms with Crippen molar-refractivity contribution < 1.29 is 13.2 Å². The summed E-state index contributed by atoms with van der Waals surface area (Å²) in [4.78, 5) is 12.0. The molecule has 18 heavy (non-hydrogen) atoms. The van der Waals surface area contributed by atoms with Gasteiger partial charge in [-0.3, -0.25) is 4.79 Å². The summed E-state index contributed by atoms with van der Waals surface area (Å²) in [7, 11) is -3.25. The first kappa shape index (κ1) is 13.8. The smallest absolute Gasteiger partial charge is 0.238 e. The Bertz CT molecular complexity index is 404. The van der Waals surface area contributed by atoms with Crippen molar-refractivity contribution in [3.63, 3.8) is 0 Å². The van der Waals surface area contributed by atoms with Gasteiger partial charge in [-0.25, -0.2) is 8.42 Å². The molecule has 2 aliphatic rings. The maximum Gasteiger partial charge on any atom is 0.238 e. The van der Waals surface area contributed by atoms with Crippen molar-refractivity contribution in [2.75, 3.05) is 18.8 Å². The van der Waals surface area contributed by atoms with Gasteiger partial charge in [0.2, 0.25) is 15.9 Å². The van der Waals surface area contributed by atoms with Gasteiger partial charge in [0.15, 0.2) is 0 Å². The van der Waals surface area contributed by atoms with Crippen LogP contribution in [0.15, 0.2) is 0 Å². The first-order valence-corrected chi connectivity index (χ1v) is 8.42. The monoisotopic (exact) mass is 274 g/mol. The van der Waals surface area contributed by atoms with Crippen molar-refractivity contribution in [3.05, 3.63) is 0 Å². The number of sulfonamides is 1. The van der Waals surface area contributed by atoms with Gasteiger partial charge in [0.05, 0.1) is 5.75 Å². The summed E-state index contributed by atoms with van der Waals surface area (Å²) in [5, 5.41) is 2.89. The number of carbonyl (C=O) groups excluding carboxylic acids is 1. The zero-order valence-corrected chi connectivity index (χ0v) is 11.7. The first-order valence-electron chi connectivity index (χ1n) is 6.82. The Morgan fingerprint density at radius 2 is 2.06 bits per heavy atom. The normalized spacial score (nSPS) is 25.3. The molecule has 1 heterocycles. The molecule has 2 fully saturated rings. The molecule has 0 bridgehead atoms. The number of nitrogens with zero attached hydrogens (tertiary/aromatic N) is 1. The molecule has 1 aliphatic heterocycles. The van der Waals surface area contributed by atoms with E-state index in [1.807, 2.05) is 6.92 Å². The molecule has 6 heteroatoms. The Balaban J connectivity index is 1.95. The highest BCUT2D eigenvalue weighted by molar-refractivity contribution is 7.89. The third-order valence-corrected chi connectivity index (χ3v) is 5.66. The van der Waals surface area contributed by atoms with Crippen LogP contribution in [-0.4, -0.2) is 43.5 Å². The van der Waals surface area contributed by atoms with Crippen molar-refractivity contribution in [2.24, 2.45) is 5.92 Å². The molecule has 1 unspecified atom stereocenters. The minimum absolute atomic E-state index is 0.112. The lowest BCUT2D eigenvalue weighted by Crippen LogP contribution is -2.46. The van der Waals surface area contributed by atoms with Gasteiger partial charge >= 0.3 is 0 Å². The quantitative estimate of drug-likeness (QED) is 0.776. The van der Waals surface area contributed by atoms with Crippen LogP contribution in [0.5, 0.6) is 0 Å². The zero-order chi connectivity index (χ0) is 13.2. The second kappa shape index (κ2) is 5.57. The largest absolute Gasteiger partial charge is 0.354 e. The van der Waals surface area contributed by atoms with E-state index in [0.29, 0.717) is 31.8 Å². The van der Waals surface area contributed by atoms with Crippen LogP contribution in [0.1, 0.15) is 39.0 Å². The van der Waals surface area contributed by atoms with Gasteiger partial charge in [0, 0.05) is 13.1 Å². The van der Waals surface area contributed by atoms with Gasteiger partial charge in [-0.15, -0.1) is 0 Å². The lowest BCUT2D eigenvalue weighted by Gasteiger charge is -2.23. The summed E-state index contributed by atoms with van der Waals surface area (Å²) in [5.41, 5.74) is 0. The molecule has 1 amide bonds. The molecule has 1 atom stereocenters. The molecule has 1 saturated heterocycles.